The van der Waals surface area contributed by atoms with Gasteiger partial charge in [0.1, 0.15) is 17.2 Å². The lowest BCUT2D eigenvalue weighted by atomic mass is 9.87. The monoisotopic (exact) mass is 444 g/mol. The lowest BCUT2D eigenvalue weighted by Gasteiger charge is -2.43. The van der Waals surface area contributed by atoms with Gasteiger partial charge in [-0.15, -0.1) is 0 Å². The van der Waals surface area contributed by atoms with Crippen LogP contribution in [-0.4, -0.2) is 62.1 Å². The van der Waals surface area contributed by atoms with Crippen LogP contribution in [0.25, 0.3) is 0 Å². The third-order valence-electron chi connectivity index (χ3n) is 6.66. The van der Waals surface area contributed by atoms with E-state index >= 15 is 0 Å². The predicted octanol–water partition coefficient (Wildman–Crippen LogP) is 1.84. The van der Waals surface area contributed by atoms with Crippen molar-refractivity contribution in [1.82, 2.24) is 10.2 Å². The molecule has 0 aromatic heterocycles. The Morgan fingerprint density at radius 1 is 1.13 bits per heavy atom. The number of fused-ring (bicyclic) bond motifs is 2. The minimum absolute atomic E-state index is 0.0298. The second kappa shape index (κ2) is 8.00. The van der Waals surface area contributed by atoms with Gasteiger partial charge in [0.05, 0.1) is 18.4 Å². The van der Waals surface area contributed by atoms with Crippen LogP contribution in [0.5, 0.6) is 0 Å². The van der Waals surface area contributed by atoms with Crippen molar-refractivity contribution in [2.45, 2.75) is 36.3 Å². The molecule has 164 valence electrons. The molecule has 2 fully saturated rings. The van der Waals surface area contributed by atoms with E-state index in [9.17, 15) is 17.6 Å². The van der Waals surface area contributed by atoms with Crippen LogP contribution in [0.4, 0.5) is 4.39 Å². The fourth-order valence-corrected chi connectivity index (χ4v) is 6.75. The maximum Gasteiger partial charge on any atom is 0.252 e. The van der Waals surface area contributed by atoms with Gasteiger partial charge in [-0.25, -0.2) is 12.8 Å². The normalized spacial score (nSPS) is 29.6. The zero-order valence-corrected chi connectivity index (χ0v) is 17.9. The second-order valence-electron chi connectivity index (χ2n) is 8.46. The molecule has 31 heavy (non-hydrogen) atoms. The number of nitrogens with zero attached hydrogens (tertiary/aromatic N) is 1. The number of sulfone groups is 1. The molecule has 2 aromatic carbocycles. The Hall–Kier alpha value is -2.29. The van der Waals surface area contributed by atoms with Crippen LogP contribution >= 0.6 is 0 Å². The standard InChI is InChI=1S/C23H25FN2O4S/c24-17-7-5-16(6-8-17)22-18-4-2-1-3-15(18)9-11-26(22)23(27)20-13-19-21(14-30-20)31(28,29)12-10-25-19/h1-8,19-22,25H,9-14H2/t19-,20+,21-,22-/m0/s1. The van der Waals surface area contributed by atoms with E-state index in [1.807, 2.05) is 18.2 Å². The lowest BCUT2D eigenvalue weighted by Crippen LogP contribution is -2.60. The van der Waals surface area contributed by atoms with Crippen molar-refractivity contribution in [3.05, 3.63) is 71.0 Å². The van der Waals surface area contributed by atoms with Crippen LogP contribution in [0.3, 0.4) is 0 Å². The summed E-state index contributed by atoms with van der Waals surface area (Å²) >= 11 is 0. The summed E-state index contributed by atoms with van der Waals surface area (Å²) in [7, 11) is -3.20. The minimum atomic E-state index is -3.20. The first kappa shape index (κ1) is 20.6. The lowest BCUT2D eigenvalue weighted by molar-refractivity contribution is -0.149. The number of halogens is 1. The smallest absolute Gasteiger partial charge is 0.252 e. The number of rotatable bonds is 2. The molecule has 3 aliphatic heterocycles. The highest BCUT2D eigenvalue weighted by Crippen LogP contribution is 2.37. The molecule has 0 aliphatic carbocycles. The summed E-state index contributed by atoms with van der Waals surface area (Å²) in [4.78, 5) is 15.4. The minimum Gasteiger partial charge on any atom is -0.367 e. The molecule has 8 heteroatoms. The Kier molecular flexibility index (Phi) is 5.32. The number of hydrogen-bond acceptors (Lipinski definition) is 5. The van der Waals surface area contributed by atoms with Crippen LogP contribution in [-0.2, 0) is 25.8 Å². The highest BCUT2D eigenvalue weighted by atomic mass is 32.2. The maximum absolute atomic E-state index is 13.6. The van der Waals surface area contributed by atoms with Gasteiger partial charge in [0.15, 0.2) is 9.84 Å². The molecular formula is C23H25FN2O4S. The fraction of sp³-hybridized carbons (Fsp3) is 0.435. The van der Waals surface area contributed by atoms with E-state index in [0.717, 1.165) is 17.5 Å². The van der Waals surface area contributed by atoms with Crippen molar-refractivity contribution >= 4 is 15.7 Å². The van der Waals surface area contributed by atoms with Gasteiger partial charge in [-0.05, 0) is 41.7 Å². The number of benzene rings is 2. The third-order valence-corrected chi connectivity index (χ3v) is 8.82. The highest BCUT2D eigenvalue weighted by Gasteiger charge is 2.45. The molecule has 4 atom stereocenters. The molecule has 0 unspecified atom stereocenters. The van der Waals surface area contributed by atoms with Gasteiger partial charge in [0.2, 0.25) is 0 Å². The summed E-state index contributed by atoms with van der Waals surface area (Å²) in [5, 5.41) is 2.66. The largest absolute Gasteiger partial charge is 0.367 e. The number of carbonyl (C=O) groups excluding carboxylic acids is 1. The average Bonchev–Trinajstić information content (AvgIpc) is 2.78. The molecule has 2 aromatic rings. The van der Waals surface area contributed by atoms with Crippen molar-refractivity contribution in [3.8, 4) is 0 Å². The molecule has 1 N–H and O–H groups in total. The van der Waals surface area contributed by atoms with Gasteiger partial charge >= 0.3 is 0 Å². The number of nitrogens with one attached hydrogen (secondary N) is 1. The number of hydrogen-bond donors (Lipinski definition) is 1. The van der Waals surface area contributed by atoms with Crippen LogP contribution in [0, 0.1) is 5.82 Å². The summed E-state index contributed by atoms with van der Waals surface area (Å²) in [5.74, 6) is -0.366. The van der Waals surface area contributed by atoms with E-state index in [1.54, 1.807) is 17.0 Å². The van der Waals surface area contributed by atoms with E-state index in [2.05, 4.69) is 11.4 Å². The Bertz CT molecular complexity index is 1090. The summed E-state index contributed by atoms with van der Waals surface area (Å²) < 4.78 is 44.1. The first-order valence-corrected chi connectivity index (χ1v) is 12.4. The van der Waals surface area contributed by atoms with E-state index < -0.39 is 21.2 Å². The zero-order chi connectivity index (χ0) is 21.6. The van der Waals surface area contributed by atoms with Crippen LogP contribution in [0.1, 0.15) is 29.2 Å². The SMILES string of the molecule is O=C([C@H]1C[C@@H]2NCCS(=O)(=O)[C@H]2CO1)N1CCc2ccccc2[C@@H]1c1ccc(F)cc1. The Labute approximate surface area is 181 Å². The van der Waals surface area contributed by atoms with E-state index in [1.165, 1.54) is 17.7 Å². The van der Waals surface area contributed by atoms with Crippen LogP contribution in [0.2, 0.25) is 0 Å². The number of amides is 1. The third kappa shape index (κ3) is 3.77. The molecule has 0 radical (unpaired) electrons. The molecule has 6 nitrogen and oxygen atoms in total. The maximum atomic E-state index is 13.6. The Balaban J connectivity index is 1.44. The van der Waals surface area contributed by atoms with Crippen molar-refractivity contribution in [2.75, 3.05) is 25.4 Å². The molecular weight excluding hydrogens is 419 g/mol. The fourth-order valence-electron chi connectivity index (χ4n) is 5.05. The van der Waals surface area contributed by atoms with Gasteiger partial charge < -0.3 is 15.0 Å². The van der Waals surface area contributed by atoms with E-state index in [-0.39, 0.29) is 36.2 Å². The van der Waals surface area contributed by atoms with E-state index in [4.69, 9.17) is 4.74 Å². The molecule has 0 spiro atoms. The van der Waals surface area contributed by atoms with Crippen molar-refractivity contribution in [1.29, 1.82) is 0 Å². The van der Waals surface area contributed by atoms with Crippen LogP contribution in [0.15, 0.2) is 48.5 Å². The molecule has 5 rings (SSSR count). The van der Waals surface area contributed by atoms with Gasteiger partial charge in [-0.1, -0.05) is 36.4 Å². The van der Waals surface area contributed by atoms with Crippen LogP contribution < -0.4 is 5.32 Å². The molecule has 3 heterocycles. The number of carbonyl (C=O) groups is 1. The number of ether oxygens (including phenoxy) is 1. The first-order valence-electron chi connectivity index (χ1n) is 10.6. The Morgan fingerprint density at radius 3 is 2.71 bits per heavy atom. The first-order chi connectivity index (χ1) is 14.9. The van der Waals surface area contributed by atoms with Gasteiger partial charge in [-0.2, -0.15) is 0 Å². The van der Waals surface area contributed by atoms with Gasteiger partial charge in [0, 0.05) is 19.1 Å². The van der Waals surface area contributed by atoms with Gasteiger partial charge in [-0.3, -0.25) is 4.79 Å². The summed E-state index contributed by atoms with van der Waals surface area (Å²) in [6.45, 7) is 0.958. The summed E-state index contributed by atoms with van der Waals surface area (Å²) in [6.07, 6.45) is 0.359. The van der Waals surface area contributed by atoms with Crippen molar-refractivity contribution in [3.63, 3.8) is 0 Å². The quantitative estimate of drug-likeness (QED) is 0.765. The van der Waals surface area contributed by atoms with E-state index in [0.29, 0.717) is 19.5 Å². The topological polar surface area (TPSA) is 75.7 Å². The molecule has 0 saturated carbocycles. The summed E-state index contributed by atoms with van der Waals surface area (Å²) in [6, 6.07) is 13.7. The second-order valence-corrected chi connectivity index (χ2v) is 10.8. The molecule has 0 bridgehead atoms. The zero-order valence-electron chi connectivity index (χ0n) is 17.0. The predicted molar refractivity (Wildman–Crippen MR) is 114 cm³/mol. The Morgan fingerprint density at radius 2 is 1.90 bits per heavy atom. The molecule has 3 aliphatic rings. The van der Waals surface area contributed by atoms with Crippen molar-refractivity contribution in [2.24, 2.45) is 0 Å². The molecule has 1 amide bonds. The summed E-state index contributed by atoms with van der Waals surface area (Å²) in [5.41, 5.74) is 3.04. The highest BCUT2D eigenvalue weighted by molar-refractivity contribution is 7.92. The average molecular weight is 445 g/mol. The van der Waals surface area contributed by atoms with Gasteiger partial charge in [0.25, 0.3) is 5.91 Å². The van der Waals surface area contributed by atoms with Crippen molar-refractivity contribution < 1.29 is 22.3 Å². The molecule has 2 saturated heterocycles.